The number of nitrogens with one attached hydrogen (secondary N) is 1. The lowest BCUT2D eigenvalue weighted by molar-refractivity contribution is -0.137. The van der Waals surface area contributed by atoms with Gasteiger partial charge >= 0.3 is 6.18 Å². The Bertz CT molecular complexity index is 656. The molecule has 0 fully saturated rings. The lowest BCUT2D eigenvalue weighted by Crippen LogP contribution is -2.07. The molecule has 1 N–H and O–H groups in total. The summed E-state index contributed by atoms with van der Waals surface area (Å²) >= 11 is 11.5. The van der Waals surface area contributed by atoms with Gasteiger partial charge in [0.2, 0.25) is 0 Å². The monoisotopic (exact) mass is 337 g/mol. The molecule has 0 aliphatic carbocycles. The van der Waals surface area contributed by atoms with Crippen molar-refractivity contribution in [1.82, 2.24) is 0 Å². The maximum Gasteiger partial charge on any atom is 0.416 e. The number of alkyl halides is 3. The Morgan fingerprint density at radius 3 is 2.33 bits per heavy atom. The highest BCUT2D eigenvalue weighted by Gasteiger charge is 2.30. The third kappa shape index (κ3) is 4.02. The molecule has 0 saturated heterocycles. The number of halogens is 6. The fourth-order valence-corrected chi connectivity index (χ4v) is 2.04. The lowest BCUT2D eigenvalue weighted by atomic mass is 10.1. The van der Waals surface area contributed by atoms with E-state index < -0.39 is 17.6 Å². The van der Waals surface area contributed by atoms with Gasteiger partial charge in [-0.25, -0.2) is 4.39 Å². The molecular weight excluding hydrogens is 329 g/mol. The van der Waals surface area contributed by atoms with Gasteiger partial charge in [0.1, 0.15) is 5.82 Å². The molecule has 0 amide bonds. The van der Waals surface area contributed by atoms with Crippen LogP contribution in [0.3, 0.4) is 0 Å². The Hall–Kier alpha value is -1.46. The summed E-state index contributed by atoms with van der Waals surface area (Å²) < 4.78 is 51.5. The van der Waals surface area contributed by atoms with E-state index in [0.717, 1.165) is 24.3 Å². The molecule has 2 aromatic carbocycles. The first-order chi connectivity index (χ1) is 9.77. The zero-order chi connectivity index (χ0) is 15.6. The minimum Gasteiger partial charge on any atom is -0.380 e. The normalized spacial score (nSPS) is 11.5. The van der Waals surface area contributed by atoms with E-state index in [1.54, 1.807) is 0 Å². The van der Waals surface area contributed by atoms with Crippen LogP contribution in [-0.2, 0) is 12.7 Å². The average molecular weight is 338 g/mol. The molecule has 0 aromatic heterocycles. The Morgan fingerprint density at radius 2 is 1.71 bits per heavy atom. The van der Waals surface area contributed by atoms with Gasteiger partial charge in [0.15, 0.2) is 0 Å². The molecule has 0 saturated carbocycles. The Balaban J connectivity index is 2.19. The van der Waals surface area contributed by atoms with Crippen molar-refractivity contribution in [3.8, 4) is 0 Å². The standard InChI is InChI=1S/C14H9Cl2F4N/c15-10-3-1-8(12(17)6-10)7-21-13-5-9(14(18,19)20)2-4-11(13)16/h1-6,21H,7H2. The summed E-state index contributed by atoms with van der Waals surface area (Å²) in [6.45, 7) is -0.00989. The van der Waals surface area contributed by atoms with Crippen molar-refractivity contribution in [1.29, 1.82) is 0 Å². The number of rotatable bonds is 3. The Kier molecular flexibility index (Phi) is 4.64. The molecule has 2 rings (SSSR count). The van der Waals surface area contributed by atoms with E-state index in [2.05, 4.69) is 5.32 Å². The van der Waals surface area contributed by atoms with Crippen molar-refractivity contribution in [2.24, 2.45) is 0 Å². The molecular formula is C14H9Cl2F4N. The van der Waals surface area contributed by atoms with Crippen LogP contribution in [0.4, 0.5) is 23.2 Å². The van der Waals surface area contributed by atoms with Gasteiger partial charge in [0, 0.05) is 17.1 Å². The molecule has 2 aromatic rings. The van der Waals surface area contributed by atoms with Gasteiger partial charge in [0.05, 0.1) is 16.3 Å². The summed E-state index contributed by atoms with van der Waals surface area (Å²) in [5.74, 6) is -0.543. The van der Waals surface area contributed by atoms with E-state index >= 15 is 0 Å². The van der Waals surface area contributed by atoms with Crippen molar-refractivity contribution < 1.29 is 17.6 Å². The highest BCUT2D eigenvalue weighted by Crippen LogP contribution is 2.34. The first kappa shape index (κ1) is 15.9. The van der Waals surface area contributed by atoms with Crippen LogP contribution in [0.25, 0.3) is 0 Å². The fourth-order valence-electron chi connectivity index (χ4n) is 1.69. The summed E-state index contributed by atoms with van der Waals surface area (Å²) in [6.07, 6.45) is -4.47. The largest absolute Gasteiger partial charge is 0.416 e. The number of anilines is 1. The lowest BCUT2D eigenvalue weighted by Gasteiger charge is -2.13. The summed E-state index contributed by atoms with van der Waals surface area (Å²) in [5.41, 5.74) is -0.473. The smallest absolute Gasteiger partial charge is 0.380 e. The van der Waals surface area contributed by atoms with Gasteiger partial charge < -0.3 is 5.32 Å². The van der Waals surface area contributed by atoms with E-state index in [9.17, 15) is 17.6 Å². The molecule has 0 radical (unpaired) electrons. The van der Waals surface area contributed by atoms with Crippen molar-refractivity contribution in [2.45, 2.75) is 12.7 Å². The quantitative estimate of drug-likeness (QED) is 0.701. The van der Waals surface area contributed by atoms with Crippen LogP contribution in [0.5, 0.6) is 0 Å². The second kappa shape index (κ2) is 6.12. The van der Waals surface area contributed by atoms with E-state index in [1.807, 2.05) is 0 Å². The molecule has 0 unspecified atom stereocenters. The average Bonchev–Trinajstić information content (AvgIpc) is 2.38. The van der Waals surface area contributed by atoms with Crippen LogP contribution in [0.15, 0.2) is 36.4 Å². The predicted molar refractivity (Wildman–Crippen MR) is 75.2 cm³/mol. The van der Waals surface area contributed by atoms with Crippen molar-refractivity contribution >= 4 is 28.9 Å². The van der Waals surface area contributed by atoms with Crippen LogP contribution < -0.4 is 5.32 Å². The molecule has 0 heterocycles. The third-order valence-corrected chi connectivity index (χ3v) is 3.34. The molecule has 0 aliphatic rings. The van der Waals surface area contributed by atoms with Gasteiger partial charge in [-0.05, 0) is 30.3 Å². The molecule has 0 aliphatic heterocycles. The Labute approximate surface area is 128 Å². The topological polar surface area (TPSA) is 12.0 Å². The zero-order valence-electron chi connectivity index (χ0n) is 10.4. The van der Waals surface area contributed by atoms with Gasteiger partial charge in [0.25, 0.3) is 0 Å². The SMILES string of the molecule is Fc1cc(Cl)ccc1CNc1cc(C(F)(F)F)ccc1Cl. The number of hydrogen-bond donors (Lipinski definition) is 1. The first-order valence-corrected chi connectivity index (χ1v) is 6.57. The number of benzene rings is 2. The summed E-state index contributed by atoms with van der Waals surface area (Å²) in [5, 5.41) is 3.05. The molecule has 21 heavy (non-hydrogen) atoms. The number of hydrogen-bond acceptors (Lipinski definition) is 1. The van der Waals surface area contributed by atoms with Crippen LogP contribution in [-0.4, -0.2) is 0 Å². The first-order valence-electron chi connectivity index (χ1n) is 5.82. The second-order valence-electron chi connectivity index (χ2n) is 4.28. The van der Waals surface area contributed by atoms with Crippen LogP contribution in [0.1, 0.15) is 11.1 Å². The zero-order valence-corrected chi connectivity index (χ0v) is 12.0. The second-order valence-corrected chi connectivity index (χ2v) is 5.13. The summed E-state index contributed by atoms with van der Waals surface area (Å²) in [7, 11) is 0. The minimum atomic E-state index is -4.47. The highest BCUT2D eigenvalue weighted by molar-refractivity contribution is 6.33. The van der Waals surface area contributed by atoms with Crippen LogP contribution in [0.2, 0.25) is 10.0 Å². The molecule has 1 nitrogen and oxygen atoms in total. The molecule has 0 spiro atoms. The van der Waals surface area contributed by atoms with Crippen LogP contribution >= 0.6 is 23.2 Å². The molecule has 0 bridgehead atoms. The third-order valence-electron chi connectivity index (χ3n) is 2.78. The highest BCUT2D eigenvalue weighted by atomic mass is 35.5. The Morgan fingerprint density at radius 1 is 1.00 bits per heavy atom. The van der Waals surface area contributed by atoms with Crippen molar-refractivity contribution in [2.75, 3.05) is 5.32 Å². The fraction of sp³-hybridized carbons (Fsp3) is 0.143. The maximum atomic E-state index is 13.6. The molecule has 112 valence electrons. The summed E-state index contributed by atoms with van der Waals surface area (Å²) in [6, 6.07) is 6.99. The minimum absolute atomic E-state index is 0.00989. The van der Waals surface area contributed by atoms with Crippen molar-refractivity contribution in [3.63, 3.8) is 0 Å². The molecule has 0 atom stereocenters. The van der Waals surface area contributed by atoms with Crippen molar-refractivity contribution in [3.05, 3.63) is 63.4 Å². The van der Waals surface area contributed by atoms with E-state index in [-0.39, 0.29) is 27.8 Å². The van der Waals surface area contributed by atoms with E-state index in [1.165, 1.54) is 12.1 Å². The van der Waals surface area contributed by atoms with E-state index in [0.29, 0.717) is 0 Å². The predicted octanol–water partition coefficient (Wildman–Crippen LogP) is 5.76. The maximum absolute atomic E-state index is 13.6. The molecule has 7 heteroatoms. The van der Waals surface area contributed by atoms with Gasteiger partial charge in [-0.15, -0.1) is 0 Å². The van der Waals surface area contributed by atoms with Crippen LogP contribution in [0, 0.1) is 5.82 Å². The van der Waals surface area contributed by atoms with Gasteiger partial charge in [-0.2, -0.15) is 13.2 Å². The van der Waals surface area contributed by atoms with E-state index in [4.69, 9.17) is 23.2 Å². The van der Waals surface area contributed by atoms with Gasteiger partial charge in [-0.3, -0.25) is 0 Å². The van der Waals surface area contributed by atoms with Gasteiger partial charge in [-0.1, -0.05) is 29.3 Å². The summed E-state index contributed by atoms with van der Waals surface area (Å²) in [4.78, 5) is 0.